The zero-order valence-electron chi connectivity index (χ0n) is 9.54. The summed E-state index contributed by atoms with van der Waals surface area (Å²) in [7, 11) is 0. The lowest BCUT2D eigenvalue weighted by molar-refractivity contribution is 0.510. The lowest BCUT2D eigenvalue weighted by Gasteiger charge is -2.06. The Hall–Kier alpha value is -1.96. The zero-order chi connectivity index (χ0) is 12.6. The summed E-state index contributed by atoms with van der Waals surface area (Å²) in [5.74, 6) is -1.10. The van der Waals surface area contributed by atoms with Gasteiger partial charge < -0.3 is 4.57 Å². The van der Waals surface area contributed by atoms with Gasteiger partial charge in [-0.05, 0) is 0 Å². The van der Waals surface area contributed by atoms with E-state index in [1.54, 1.807) is 4.57 Å². The lowest BCUT2D eigenvalue weighted by Crippen LogP contribution is -2.04. The summed E-state index contributed by atoms with van der Waals surface area (Å²) in [6, 6.07) is 4.14. The second kappa shape index (κ2) is 4.13. The van der Waals surface area contributed by atoms with Crippen LogP contribution >= 0.6 is 0 Å². The highest BCUT2D eigenvalue weighted by Crippen LogP contribution is 2.23. The van der Waals surface area contributed by atoms with Gasteiger partial charge in [-0.2, -0.15) is 5.26 Å². The van der Waals surface area contributed by atoms with E-state index in [1.165, 1.54) is 0 Å². The van der Waals surface area contributed by atoms with Crippen LogP contribution in [0, 0.1) is 23.0 Å². The molecule has 5 heteroatoms. The fourth-order valence-corrected chi connectivity index (χ4v) is 1.82. The summed E-state index contributed by atoms with van der Waals surface area (Å²) >= 11 is 0. The number of nitrogens with zero attached hydrogens (tertiary/aromatic N) is 3. The van der Waals surface area contributed by atoms with Gasteiger partial charge in [0.25, 0.3) is 0 Å². The normalized spacial score (nSPS) is 11.1. The third-order valence-electron chi connectivity index (χ3n) is 2.57. The number of benzene rings is 1. The van der Waals surface area contributed by atoms with Gasteiger partial charge in [-0.1, -0.05) is 13.8 Å². The molecule has 0 spiro atoms. The van der Waals surface area contributed by atoms with Crippen molar-refractivity contribution in [2.75, 3.05) is 0 Å². The van der Waals surface area contributed by atoms with Gasteiger partial charge in [0.05, 0.1) is 17.1 Å². The van der Waals surface area contributed by atoms with Crippen LogP contribution in [-0.2, 0) is 6.54 Å². The maximum Gasteiger partial charge on any atom is 0.161 e. The Bertz CT molecular complexity index is 608. The summed E-state index contributed by atoms with van der Waals surface area (Å²) < 4.78 is 27.9. The SMILES string of the molecule is CC(C)c1nc2cc(F)c(F)cc2n1CC#N. The van der Waals surface area contributed by atoms with Crippen LogP contribution in [-0.4, -0.2) is 9.55 Å². The third-order valence-corrected chi connectivity index (χ3v) is 2.57. The molecule has 0 aliphatic rings. The maximum absolute atomic E-state index is 13.2. The fraction of sp³-hybridized carbons (Fsp3) is 0.333. The largest absolute Gasteiger partial charge is 0.314 e. The third kappa shape index (κ3) is 1.86. The fourth-order valence-electron chi connectivity index (χ4n) is 1.82. The monoisotopic (exact) mass is 235 g/mol. The molecule has 0 saturated heterocycles. The highest BCUT2D eigenvalue weighted by Gasteiger charge is 2.15. The van der Waals surface area contributed by atoms with Crippen molar-refractivity contribution in [3.8, 4) is 6.07 Å². The first-order valence-corrected chi connectivity index (χ1v) is 5.26. The van der Waals surface area contributed by atoms with Crippen molar-refractivity contribution in [3.05, 3.63) is 29.6 Å². The Morgan fingerprint density at radius 3 is 2.59 bits per heavy atom. The lowest BCUT2D eigenvalue weighted by atomic mass is 10.2. The molecule has 0 bridgehead atoms. The average Bonchev–Trinajstić information content (AvgIpc) is 2.59. The number of halogens is 2. The molecule has 0 unspecified atom stereocenters. The molecule has 0 amide bonds. The Morgan fingerprint density at radius 2 is 2.00 bits per heavy atom. The molecule has 1 heterocycles. The van der Waals surface area contributed by atoms with E-state index in [0.717, 1.165) is 12.1 Å². The van der Waals surface area contributed by atoms with Crippen molar-refractivity contribution < 1.29 is 8.78 Å². The molecule has 0 aliphatic heterocycles. The molecule has 1 aromatic carbocycles. The van der Waals surface area contributed by atoms with Gasteiger partial charge in [-0.3, -0.25) is 0 Å². The van der Waals surface area contributed by atoms with Gasteiger partial charge >= 0.3 is 0 Å². The van der Waals surface area contributed by atoms with E-state index >= 15 is 0 Å². The van der Waals surface area contributed by atoms with E-state index in [0.29, 0.717) is 16.9 Å². The summed E-state index contributed by atoms with van der Waals surface area (Å²) in [4.78, 5) is 4.24. The van der Waals surface area contributed by atoms with Gasteiger partial charge in [-0.15, -0.1) is 0 Å². The van der Waals surface area contributed by atoms with E-state index in [9.17, 15) is 8.78 Å². The second-order valence-electron chi connectivity index (χ2n) is 4.12. The molecular weight excluding hydrogens is 224 g/mol. The Kier molecular flexibility index (Phi) is 2.80. The molecule has 2 aromatic rings. The molecule has 0 aliphatic carbocycles. The van der Waals surface area contributed by atoms with Gasteiger partial charge in [0.15, 0.2) is 11.6 Å². The number of hydrogen-bond donors (Lipinski definition) is 0. The summed E-state index contributed by atoms with van der Waals surface area (Å²) in [5, 5.41) is 8.76. The topological polar surface area (TPSA) is 41.6 Å². The Balaban J connectivity index is 2.76. The standard InChI is InChI=1S/C12H11F2N3/c1-7(2)12-16-10-5-8(13)9(14)6-11(10)17(12)4-3-15/h5-7H,4H2,1-2H3. The predicted molar refractivity (Wildman–Crippen MR) is 59.4 cm³/mol. The number of imidazole rings is 1. The van der Waals surface area contributed by atoms with Crippen molar-refractivity contribution in [3.63, 3.8) is 0 Å². The molecular formula is C12H11F2N3. The number of aromatic nitrogens is 2. The first kappa shape index (κ1) is 11.5. The number of rotatable bonds is 2. The van der Waals surface area contributed by atoms with Gasteiger partial charge in [0.2, 0.25) is 0 Å². The molecule has 0 saturated carbocycles. The van der Waals surface area contributed by atoms with Crippen molar-refractivity contribution in [1.82, 2.24) is 9.55 Å². The predicted octanol–water partition coefficient (Wildman–Crippen LogP) is 2.96. The molecule has 0 radical (unpaired) electrons. The molecule has 3 nitrogen and oxygen atoms in total. The van der Waals surface area contributed by atoms with Gasteiger partial charge in [0.1, 0.15) is 12.4 Å². The average molecular weight is 235 g/mol. The van der Waals surface area contributed by atoms with Crippen LogP contribution in [0.2, 0.25) is 0 Å². The Morgan fingerprint density at radius 1 is 1.35 bits per heavy atom. The van der Waals surface area contributed by atoms with E-state index < -0.39 is 11.6 Å². The number of fused-ring (bicyclic) bond motifs is 1. The van der Waals surface area contributed by atoms with Crippen LogP contribution in [0.15, 0.2) is 12.1 Å². The molecule has 88 valence electrons. The van der Waals surface area contributed by atoms with Crippen molar-refractivity contribution >= 4 is 11.0 Å². The minimum atomic E-state index is -0.924. The van der Waals surface area contributed by atoms with Crippen LogP contribution < -0.4 is 0 Å². The molecule has 0 fully saturated rings. The first-order valence-electron chi connectivity index (χ1n) is 5.26. The molecule has 17 heavy (non-hydrogen) atoms. The molecule has 1 aromatic heterocycles. The van der Waals surface area contributed by atoms with Crippen molar-refractivity contribution in [1.29, 1.82) is 5.26 Å². The Labute approximate surface area is 97.3 Å². The van der Waals surface area contributed by atoms with Crippen molar-refractivity contribution in [2.45, 2.75) is 26.3 Å². The van der Waals surface area contributed by atoms with Crippen LogP contribution in [0.1, 0.15) is 25.6 Å². The highest BCUT2D eigenvalue weighted by molar-refractivity contribution is 5.76. The molecule has 0 N–H and O–H groups in total. The smallest absolute Gasteiger partial charge is 0.161 e. The second-order valence-corrected chi connectivity index (χ2v) is 4.12. The molecule has 0 atom stereocenters. The van der Waals surface area contributed by atoms with Gasteiger partial charge in [-0.25, -0.2) is 13.8 Å². The van der Waals surface area contributed by atoms with Crippen molar-refractivity contribution in [2.24, 2.45) is 0 Å². The quantitative estimate of drug-likeness (QED) is 0.803. The maximum atomic E-state index is 13.2. The first-order chi connectivity index (χ1) is 8.04. The van der Waals surface area contributed by atoms with Gasteiger partial charge in [0, 0.05) is 18.1 Å². The summed E-state index contributed by atoms with van der Waals surface area (Å²) in [5.41, 5.74) is 0.831. The van der Waals surface area contributed by atoms with E-state index in [4.69, 9.17) is 5.26 Å². The molecule has 2 rings (SSSR count). The highest BCUT2D eigenvalue weighted by atomic mass is 19.2. The minimum Gasteiger partial charge on any atom is -0.314 e. The van der Waals surface area contributed by atoms with E-state index in [-0.39, 0.29) is 12.5 Å². The van der Waals surface area contributed by atoms with Crippen LogP contribution in [0.3, 0.4) is 0 Å². The van der Waals surface area contributed by atoms with E-state index in [1.807, 2.05) is 19.9 Å². The number of hydrogen-bond acceptors (Lipinski definition) is 2. The summed E-state index contributed by atoms with van der Waals surface area (Å²) in [6.07, 6.45) is 0. The van der Waals surface area contributed by atoms with Crippen LogP contribution in [0.4, 0.5) is 8.78 Å². The zero-order valence-corrected chi connectivity index (χ0v) is 9.54. The minimum absolute atomic E-state index is 0.0785. The van der Waals surface area contributed by atoms with E-state index in [2.05, 4.69) is 4.98 Å². The van der Waals surface area contributed by atoms with Crippen LogP contribution in [0.25, 0.3) is 11.0 Å². The number of nitriles is 1. The summed E-state index contributed by atoms with van der Waals surface area (Å²) in [6.45, 7) is 3.92. The van der Waals surface area contributed by atoms with Crippen LogP contribution in [0.5, 0.6) is 0 Å².